The highest BCUT2D eigenvalue weighted by atomic mass is 32.1. The Labute approximate surface area is 133 Å². The third-order valence-corrected chi connectivity index (χ3v) is 6.44. The number of rotatable bonds is 5. The Kier molecular flexibility index (Phi) is 5.73. The third kappa shape index (κ3) is 4.30. The largest absolute Gasteiger partial charge is 0.308 e. The van der Waals surface area contributed by atoms with E-state index < -0.39 is 0 Å². The van der Waals surface area contributed by atoms with Gasteiger partial charge in [0.1, 0.15) is 0 Å². The average Bonchev–Trinajstić information content (AvgIpc) is 2.77. The van der Waals surface area contributed by atoms with E-state index in [-0.39, 0.29) is 0 Å². The van der Waals surface area contributed by atoms with E-state index in [1.807, 2.05) is 0 Å². The quantitative estimate of drug-likeness (QED) is 0.879. The summed E-state index contributed by atoms with van der Waals surface area (Å²) in [7, 11) is 0. The summed E-state index contributed by atoms with van der Waals surface area (Å²) in [5.74, 6) is 0. The van der Waals surface area contributed by atoms with Crippen molar-refractivity contribution in [3.63, 3.8) is 0 Å². The summed E-state index contributed by atoms with van der Waals surface area (Å²) in [5, 5.41) is 3.74. The fourth-order valence-electron chi connectivity index (χ4n) is 3.63. The van der Waals surface area contributed by atoms with Crippen LogP contribution >= 0.6 is 11.3 Å². The average molecular weight is 307 g/mol. The number of thiophene rings is 1. The van der Waals surface area contributed by atoms with Gasteiger partial charge in [0.15, 0.2) is 0 Å². The Morgan fingerprint density at radius 3 is 2.62 bits per heavy atom. The van der Waals surface area contributed by atoms with Crippen molar-refractivity contribution in [2.75, 3.05) is 26.2 Å². The molecular weight excluding hydrogens is 276 g/mol. The smallest absolute Gasteiger partial charge is 0.0386 e. The number of hydrogen-bond acceptors (Lipinski definition) is 3. The van der Waals surface area contributed by atoms with Gasteiger partial charge in [-0.1, -0.05) is 12.8 Å². The molecule has 0 aromatic carbocycles. The van der Waals surface area contributed by atoms with Gasteiger partial charge in [-0.2, -0.15) is 0 Å². The number of nitrogens with zero attached hydrogens (tertiary/aromatic N) is 1. The lowest BCUT2D eigenvalue weighted by Crippen LogP contribution is -2.33. The number of aryl methyl sites for hydroxylation is 2. The van der Waals surface area contributed by atoms with Gasteiger partial charge in [-0.25, -0.2) is 0 Å². The van der Waals surface area contributed by atoms with Gasteiger partial charge in [-0.05, 0) is 70.2 Å². The number of hydrogen-bond donors (Lipinski definition) is 1. The lowest BCUT2D eigenvalue weighted by molar-refractivity contribution is 0.280. The van der Waals surface area contributed by atoms with Crippen LogP contribution in [0.4, 0.5) is 0 Å². The summed E-state index contributed by atoms with van der Waals surface area (Å²) in [6, 6.07) is 3.00. The monoisotopic (exact) mass is 306 g/mol. The molecule has 3 rings (SSSR count). The van der Waals surface area contributed by atoms with E-state index in [1.54, 1.807) is 15.3 Å². The van der Waals surface area contributed by atoms with Gasteiger partial charge >= 0.3 is 0 Å². The summed E-state index contributed by atoms with van der Waals surface area (Å²) in [5.41, 5.74) is 1.64. The van der Waals surface area contributed by atoms with Crippen molar-refractivity contribution in [2.24, 2.45) is 0 Å². The first-order valence-electron chi connectivity index (χ1n) is 8.90. The predicted octanol–water partition coefficient (Wildman–Crippen LogP) is 4.15. The van der Waals surface area contributed by atoms with Crippen LogP contribution in [0.2, 0.25) is 0 Å². The minimum absolute atomic E-state index is 0.521. The molecule has 2 nitrogen and oxygen atoms in total. The second-order valence-corrected chi connectivity index (χ2v) is 7.90. The summed E-state index contributed by atoms with van der Waals surface area (Å²) < 4.78 is 0. The van der Waals surface area contributed by atoms with Gasteiger partial charge < -0.3 is 10.2 Å². The van der Waals surface area contributed by atoms with Crippen LogP contribution in [-0.4, -0.2) is 31.1 Å². The maximum atomic E-state index is 3.74. The van der Waals surface area contributed by atoms with Crippen LogP contribution in [0.1, 0.15) is 66.8 Å². The molecule has 0 spiro atoms. The fraction of sp³-hybridized carbons (Fsp3) is 0.778. The van der Waals surface area contributed by atoms with Crippen molar-refractivity contribution in [1.29, 1.82) is 0 Å². The molecule has 1 saturated heterocycles. The number of fused-ring (bicyclic) bond motifs is 1. The first kappa shape index (κ1) is 15.5. The minimum atomic E-state index is 0.521. The van der Waals surface area contributed by atoms with E-state index in [0.717, 1.165) is 6.54 Å². The van der Waals surface area contributed by atoms with Crippen molar-refractivity contribution >= 4 is 11.3 Å². The van der Waals surface area contributed by atoms with Crippen molar-refractivity contribution in [1.82, 2.24) is 10.2 Å². The Hall–Kier alpha value is -0.380. The molecular formula is C18H30N2S. The molecule has 118 valence electrons. The van der Waals surface area contributed by atoms with Crippen LogP contribution in [0.5, 0.6) is 0 Å². The molecule has 1 unspecified atom stereocenters. The van der Waals surface area contributed by atoms with Crippen molar-refractivity contribution in [3.05, 3.63) is 21.4 Å². The molecule has 1 aliphatic carbocycles. The summed E-state index contributed by atoms with van der Waals surface area (Å²) >= 11 is 2.06. The van der Waals surface area contributed by atoms with Gasteiger partial charge in [-0.3, -0.25) is 0 Å². The van der Waals surface area contributed by atoms with Crippen molar-refractivity contribution in [3.8, 4) is 0 Å². The normalized spacial score (nSPS) is 21.8. The molecule has 2 aliphatic rings. The second-order valence-electron chi connectivity index (χ2n) is 6.74. The maximum absolute atomic E-state index is 3.74. The summed E-state index contributed by atoms with van der Waals surface area (Å²) in [6.07, 6.45) is 11.1. The predicted molar refractivity (Wildman–Crippen MR) is 92.3 cm³/mol. The van der Waals surface area contributed by atoms with E-state index in [2.05, 4.69) is 34.5 Å². The van der Waals surface area contributed by atoms with Gasteiger partial charge in [0.25, 0.3) is 0 Å². The Morgan fingerprint density at radius 2 is 1.86 bits per heavy atom. The zero-order chi connectivity index (χ0) is 14.5. The molecule has 21 heavy (non-hydrogen) atoms. The van der Waals surface area contributed by atoms with E-state index >= 15 is 0 Å². The van der Waals surface area contributed by atoms with Gasteiger partial charge in [0, 0.05) is 28.9 Å². The number of nitrogens with one attached hydrogen (secondary N) is 1. The Morgan fingerprint density at radius 1 is 1.10 bits per heavy atom. The minimum Gasteiger partial charge on any atom is -0.308 e. The van der Waals surface area contributed by atoms with Crippen molar-refractivity contribution < 1.29 is 0 Å². The van der Waals surface area contributed by atoms with Crippen LogP contribution in [-0.2, 0) is 12.8 Å². The first-order valence-corrected chi connectivity index (χ1v) is 9.72. The highest BCUT2D eigenvalue weighted by molar-refractivity contribution is 7.12. The fourth-order valence-corrected chi connectivity index (χ4v) is 4.91. The Balaban J connectivity index is 1.45. The van der Waals surface area contributed by atoms with Crippen LogP contribution in [0, 0.1) is 0 Å². The summed E-state index contributed by atoms with van der Waals surface area (Å²) in [4.78, 5) is 5.86. The highest BCUT2D eigenvalue weighted by Gasteiger charge is 2.16. The second kappa shape index (κ2) is 7.75. The molecule has 1 fully saturated rings. The zero-order valence-electron chi connectivity index (χ0n) is 13.5. The molecule has 0 bridgehead atoms. The molecule has 2 heterocycles. The van der Waals surface area contributed by atoms with E-state index in [4.69, 9.17) is 0 Å². The topological polar surface area (TPSA) is 15.3 Å². The molecule has 0 amide bonds. The molecule has 3 heteroatoms. The molecule has 1 N–H and O–H groups in total. The van der Waals surface area contributed by atoms with E-state index in [9.17, 15) is 0 Å². The zero-order valence-corrected chi connectivity index (χ0v) is 14.3. The van der Waals surface area contributed by atoms with Gasteiger partial charge in [0.2, 0.25) is 0 Å². The molecule has 1 aromatic rings. The summed E-state index contributed by atoms with van der Waals surface area (Å²) in [6.45, 7) is 7.30. The van der Waals surface area contributed by atoms with E-state index in [0.29, 0.717) is 6.04 Å². The molecule has 0 saturated carbocycles. The highest BCUT2D eigenvalue weighted by Crippen LogP contribution is 2.32. The molecule has 1 aliphatic heterocycles. The van der Waals surface area contributed by atoms with Crippen LogP contribution in [0.3, 0.4) is 0 Å². The molecule has 1 aromatic heterocycles. The van der Waals surface area contributed by atoms with Gasteiger partial charge in [-0.15, -0.1) is 11.3 Å². The van der Waals surface area contributed by atoms with Gasteiger partial charge in [0.05, 0.1) is 0 Å². The maximum Gasteiger partial charge on any atom is 0.0386 e. The van der Waals surface area contributed by atoms with Crippen LogP contribution in [0.25, 0.3) is 0 Å². The standard InChI is InChI=1S/C18H30N2S/c1-15(18-14-16-8-4-5-9-17(16)21-18)19-10-13-20-11-6-2-3-7-12-20/h14-15,19H,2-13H2,1H3. The lowest BCUT2D eigenvalue weighted by atomic mass is 9.99. The molecule has 0 radical (unpaired) electrons. The van der Waals surface area contributed by atoms with Crippen molar-refractivity contribution in [2.45, 2.75) is 64.3 Å². The van der Waals surface area contributed by atoms with Crippen LogP contribution < -0.4 is 5.32 Å². The lowest BCUT2D eigenvalue weighted by Gasteiger charge is -2.21. The SMILES string of the molecule is CC(NCCN1CCCCCC1)c1cc2c(s1)CCCC2. The molecule has 1 atom stereocenters. The van der Waals surface area contributed by atoms with E-state index in [1.165, 1.54) is 71.0 Å². The van der Waals surface area contributed by atoms with Crippen LogP contribution in [0.15, 0.2) is 6.07 Å². The third-order valence-electron chi connectivity index (χ3n) is 5.02. The first-order chi connectivity index (χ1) is 10.3. The number of likely N-dealkylation sites (tertiary alicyclic amines) is 1. The Bertz CT molecular complexity index is 409.